The first kappa shape index (κ1) is 18.1. The number of benzene rings is 3. The first-order valence-corrected chi connectivity index (χ1v) is 9.51. The second-order valence-corrected chi connectivity index (χ2v) is 6.84. The van der Waals surface area contributed by atoms with Gasteiger partial charge in [0.1, 0.15) is 17.5 Å². The van der Waals surface area contributed by atoms with Gasteiger partial charge in [-0.25, -0.2) is 0 Å². The van der Waals surface area contributed by atoms with Crippen molar-refractivity contribution in [3.05, 3.63) is 90.0 Å². The summed E-state index contributed by atoms with van der Waals surface area (Å²) in [5, 5.41) is 0. The first-order chi connectivity index (χ1) is 13.7. The standard InChI is InChI=1S/C24H23NO3/c1-3-27-20-15-13-19(14-16-20)25-22(18-11-9-17(2)10-12-18)23(24(25)26)28-21-7-5-4-6-8-21/h4-16,22-23H,3H2,1-2H3/t22-,23+/m1/s1. The van der Waals surface area contributed by atoms with Gasteiger partial charge < -0.3 is 9.47 Å². The topological polar surface area (TPSA) is 38.8 Å². The number of carbonyl (C=O) groups excluding carboxylic acids is 1. The zero-order chi connectivity index (χ0) is 19.5. The van der Waals surface area contributed by atoms with Crippen LogP contribution in [0.25, 0.3) is 0 Å². The van der Waals surface area contributed by atoms with Gasteiger partial charge in [-0.1, -0.05) is 48.0 Å². The molecular weight excluding hydrogens is 350 g/mol. The SMILES string of the molecule is CCOc1ccc(N2C(=O)[C@@H](Oc3ccccc3)[C@H]2c2ccc(C)cc2)cc1. The van der Waals surface area contributed by atoms with Gasteiger partial charge in [0.25, 0.3) is 5.91 Å². The number of amides is 1. The summed E-state index contributed by atoms with van der Waals surface area (Å²) in [5.41, 5.74) is 3.08. The largest absolute Gasteiger partial charge is 0.494 e. The molecule has 1 aliphatic heterocycles. The summed E-state index contributed by atoms with van der Waals surface area (Å²) in [7, 11) is 0. The summed E-state index contributed by atoms with van der Waals surface area (Å²) in [6.45, 7) is 4.62. The Hall–Kier alpha value is -3.27. The molecular formula is C24H23NO3. The Morgan fingerprint density at radius 1 is 0.857 bits per heavy atom. The molecule has 2 atom stereocenters. The van der Waals surface area contributed by atoms with Crippen LogP contribution < -0.4 is 14.4 Å². The number of β-lactam (4-membered cyclic amide) rings is 1. The fraction of sp³-hybridized carbons (Fsp3) is 0.208. The van der Waals surface area contributed by atoms with Crippen LogP contribution >= 0.6 is 0 Å². The molecule has 4 nitrogen and oxygen atoms in total. The average Bonchev–Trinajstić information content (AvgIpc) is 2.73. The summed E-state index contributed by atoms with van der Waals surface area (Å²) in [6.07, 6.45) is -0.545. The van der Waals surface area contributed by atoms with Crippen LogP contribution in [-0.4, -0.2) is 18.6 Å². The van der Waals surface area contributed by atoms with E-state index < -0.39 is 6.10 Å². The third-order valence-electron chi connectivity index (χ3n) is 4.90. The fourth-order valence-corrected chi connectivity index (χ4v) is 3.47. The lowest BCUT2D eigenvalue weighted by atomic mass is 9.89. The molecule has 4 heteroatoms. The Balaban J connectivity index is 1.65. The maximum Gasteiger partial charge on any atom is 0.271 e. The van der Waals surface area contributed by atoms with Gasteiger partial charge in [0.2, 0.25) is 6.10 Å². The molecule has 0 spiro atoms. The minimum atomic E-state index is -0.545. The van der Waals surface area contributed by atoms with E-state index in [0.29, 0.717) is 12.4 Å². The summed E-state index contributed by atoms with van der Waals surface area (Å²) in [4.78, 5) is 14.8. The maximum absolute atomic E-state index is 13.0. The van der Waals surface area contributed by atoms with Gasteiger partial charge >= 0.3 is 0 Å². The summed E-state index contributed by atoms with van der Waals surface area (Å²) >= 11 is 0. The lowest BCUT2D eigenvalue weighted by Gasteiger charge is -2.46. The van der Waals surface area contributed by atoms with Crippen LogP contribution in [-0.2, 0) is 4.79 Å². The van der Waals surface area contributed by atoms with E-state index in [1.807, 2.05) is 61.5 Å². The molecule has 0 N–H and O–H groups in total. The summed E-state index contributed by atoms with van der Waals surface area (Å²) in [6, 6.07) is 25.2. The van der Waals surface area contributed by atoms with Crippen molar-refractivity contribution in [3.8, 4) is 11.5 Å². The average molecular weight is 373 g/mol. The molecule has 0 radical (unpaired) electrons. The van der Waals surface area contributed by atoms with Crippen LogP contribution in [0.15, 0.2) is 78.9 Å². The number of nitrogens with zero attached hydrogens (tertiary/aromatic N) is 1. The Morgan fingerprint density at radius 2 is 1.54 bits per heavy atom. The van der Waals surface area contributed by atoms with Gasteiger partial charge in [-0.3, -0.25) is 9.69 Å². The molecule has 0 bridgehead atoms. The predicted octanol–water partition coefficient (Wildman–Crippen LogP) is 4.93. The van der Waals surface area contributed by atoms with Gasteiger partial charge in [0.05, 0.1) is 6.61 Å². The fourth-order valence-electron chi connectivity index (χ4n) is 3.47. The molecule has 4 rings (SSSR count). The zero-order valence-corrected chi connectivity index (χ0v) is 16.0. The number of para-hydroxylation sites is 1. The molecule has 1 saturated heterocycles. The third-order valence-corrected chi connectivity index (χ3v) is 4.90. The van der Waals surface area contributed by atoms with Crippen LogP contribution in [0.4, 0.5) is 5.69 Å². The first-order valence-electron chi connectivity index (χ1n) is 9.51. The van der Waals surface area contributed by atoms with Gasteiger partial charge in [-0.15, -0.1) is 0 Å². The molecule has 0 aliphatic carbocycles. The quantitative estimate of drug-likeness (QED) is 0.575. The number of hydrogen-bond donors (Lipinski definition) is 0. The molecule has 1 heterocycles. The van der Waals surface area contributed by atoms with Gasteiger partial charge in [0, 0.05) is 5.69 Å². The second-order valence-electron chi connectivity index (χ2n) is 6.84. The van der Waals surface area contributed by atoms with E-state index in [0.717, 1.165) is 17.0 Å². The number of anilines is 1. The van der Waals surface area contributed by atoms with Crippen molar-refractivity contribution < 1.29 is 14.3 Å². The Kier molecular flexibility index (Phi) is 5.02. The van der Waals surface area contributed by atoms with Crippen molar-refractivity contribution in [1.82, 2.24) is 0 Å². The van der Waals surface area contributed by atoms with E-state index in [9.17, 15) is 4.79 Å². The lowest BCUT2D eigenvalue weighted by molar-refractivity contribution is -0.135. The summed E-state index contributed by atoms with van der Waals surface area (Å²) < 4.78 is 11.6. The minimum Gasteiger partial charge on any atom is -0.494 e. The monoisotopic (exact) mass is 373 g/mol. The predicted molar refractivity (Wildman–Crippen MR) is 110 cm³/mol. The normalized spacial score (nSPS) is 18.5. The molecule has 1 aliphatic rings. The number of rotatable bonds is 6. The van der Waals surface area contributed by atoms with Crippen molar-refractivity contribution in [2.45, 2.75) is 26.0 Å². The van der Waals surface area contributed by atoms with Crippen molar-refractivity contribution in [2.75, 3.05) is 11.5 Å². The molecule has 142 valence electrons. The minimum absolute atomic E-state index is 0.0430. The number of carbonyl (C=O) groups is 1. The van der Waals surface area contributed by atoms with E-state index in [1.165, 1.54) is 5.56 Å². The third kappa shape index (κ3) is 3.46. The van der Waals surface area contributed by atoms with E-state index >= 15 is 0 Å². The Morgan fingerprint density at radius 3 is 2.18 bits per heavy atom. The molecule has 1 fully saturated rings. The summed E-state index contributed by atoms with van der Waals surface area (Å²) in [5.74, 6) is 1.45. The molecule has 1 amide bonds. The number of aryl methyl sites for hydroxylation is 1. The van der Waals surface area contributed by atoms with Gasteiger partial charge in [-0.2, -0.15) is 0 Å². The van der Waals surface area contributed by atoms with E-state index in [1.54, 1.807) is 4.90 Å². The Bertz CT molecular complexity index is 936. The van der Waals surface area contributed by atoms with Crippen LogP contribution in [0.5, 0.6) is 11.5 Å². The highest BCUT2D eigenvalue weighted by atomic mass is 16.5. The van der Waals surface area contributed by atoms with Crippen LogP contribution in [0.1, 0.15) is 24.1 Å². The van der Waals surface area contributed by atoms with Crippen molar-refractivity contribution in [1.29, 1.82) is 0 Å². The lowest BCUT2D eigenvalue weighted by Crippen LogP contribution is -2.61. The van der Waals surface area contributed by atoms with Gasteiger partial charge in [0.15, 0.2) is 0 Å². The number of ether oxygens (including phenoxy) is 2. The van der Waals surface area contributed by atoms with Crippen LogP contribution in [0.3, 0.4) is 0 Å². The highest BCUT2D eigenvalue weighted by Crippen LogP contribution is 2.41. The molecule has 3 aromatic carbocycles. The maximum atomic E-state index is 13.0. The zero-order valence-electron chi connectivity index (χ0n) is 16.0. The van der Waals surface area contributed by atoms with E-state index in [2.05, 4.69) is 31.2 Å². The van der Waals surface area contributed by atoms with E-state index in [-0.39, 0.29) is 11.9 Å². The molecule has 0 aromatic heterocycles. The van der Waals surface area contributed by atoms with Crippen LogP contribution in [0.2, 0.25) is 0 Å². The van der Waals surface area contributed by atoms with Crippen molar-refractivity contribution in [2.24, 2.45) is 0 Å². The highest BCUT2D eigenvalue weighted by molar-refractivity contribution is 6.05. The molecule has 0 unspecified atom stereocenters. The molecule has 28 heavy (non-hydrogen) atoms. The van der Waals surface area contributed by atoms with Crippen molar-refractivity contribution in [3.63, 3.8) is 0 Å². The van der Waals surface area contributed by atoms with E-state index in [4.69, 9.17) is 9.47 Å². The Labute approximate surface area is 165 Å². The molecule has 3 aromatic rings. The number of hydrogen-bond acceptors (Lipinski definition) is 3. The molecule has 0 saturated carbocycles. The van der Waals surface area contributed by atoms with Crippen LogP contribution in [0, 0.1) is 6.92 Å². The smallest absolute Gasteiger partial charge is 0.271 e. The van der Waals surface area contributed by atoms with Gasteiger partial charge in [-0.05, 0) is 55.8 Å². The highest BCUT2D eigenvalue weighted by Gasteiger charge is 2.51. The second kappa shape index (κ2) is 7.77. The van der Waals surface area contributed by atoms with Crippen molar-refractivity contribution >= 4 is 11.6 Å².